The average molecular weight is 663 g/mol. The number of hydrogen-bond donors (Lipinski definition) is 1. The smallest absolute Gasteiger partial charge is 0.155 e. The fraction of sp³-hybridized carbons (Fsp3) is 0.333. The third kappa shape index (κ3) is 5.58. The van der Waals surface area contributed by atoms with Crippen molar-refractivity contribution in [1.82, 2.24) is 4.98 Å². The van der Waals surface area contributed by atoms with E-state index in [0.29, 0.717) is 10.8 Å². The van der Waals surface area contributed by atoms with Gasteiger partial charge in [-0.1, -0.05) is 27.7 Å². The normalized spacial score (nSPS) is 16.1. The molecule has 1 aliphatic carbocycles. The SMILES string of the molecule is CC(=O)/C=C(/C)O.CC1(C)Cc2cc3sc4c(-c5[c-]cccc5)nccc4c3cc2CC1(C)C.[Ir]. The predicted octanol–water partition coefficient (Wildman–Crippen LogP) is 8.10. The fourth-order valence-corrected chi connectivity index (χ4v) is 5.87. The van der Waals surface area contributed by atoms with Gasteiger partial charge in [-0.2, -0.15) is 0 Å². The van der Waals surface area contributed by atoms with Crippen LogP contribution in [0.4, 0.5) is 0 Å². The van der Waals surface area contributed by atoms with Crippen molar-refractivity contribution in [1.29, 1.82) is 0 Å². The Morgan fingerprint density at radius 2 is 1.69 bits per heavy atom. The first-order valence-electron chi connectivity index (χ1n) is 11.7. The number of carbonyl (C=O) groups is 1. The number of aliphatic hydroxyl groups excluding tert-OH is 1. The summed E-state index contributed by atoms with van der Waals surface area (Å²) in [6, 6.07) is 18.5. The van der Waals surface area contributed by atoms with E-state index < -0.39 is 0 Å². The number of aromatic nitrogens is 1. The van der Waals surface area contributed by atoms with Gasteiger partial charge in [-0.05, 0) is 77.6 Å². The molecule has 5 heteroatoms. The summed E-state index contributed by atoms with van der Waals surface area (Å²) in [5, 5.41) is 11.1. The molecule has 0 atom stereocenters. The first kappa shape index (κ1) is 27.3. The number of nitrogens with zero attached hydrogens (tertiary/aromatic N) is 1. The van der Waals surface area contributed by atoms with Crippen LogP contribution in [-0.4, -0.2) is 15.9 Å². The number of allylic oxidation sites excluding steroid dienone is 2. The van der Waals surface area contributed by atoms with E-state index >= 15 is 0 Å². The van der Waals surface area contributed by atoms with Gasteiger partial charge in [-0.25, -0.2) is 0 Å². The number of carbonyl (C=O) groups excluding carboxylic acids is 1. The van der Waals surface area contributed by atoms with Crippen LogP contribution >= 0.6 is 11.3 Å². The van der Waals surface area contributed by atoms with Gasteiger partial charge in [0.1, 0.15) is 0 Å². The van der Waals surface area contributed by atoms with E-state index in [1.807, 2.05) is 29.7 Å². The number of fused-ring (bicyclic) bond motifs is 4. The Bertz CT molecular complexity index is 1400. The van der Waals surface area contributed by atoms with Crippen LogP contribution in [0.2, 0.25) is 0 Å². The average Bonchev–Trinajstić information content (AvgIpc) is 3.10. The quantitative estimate of drug-likeness (QED) is 0.134. The monoisotopic (exact) mass is 663 g/mol. The minimum atomic E-state index is -0.125. The Kier molecular flexibility index (Phi) is 8.05. The first-order valence-corrected chi connectivity index (χ1v) is 12.5. The molecule has 2 aromatic heterocycles. The second-order valence-corrected chi connectivity index (χ2v) is 11.6. The van der Waals surface area contributed by atoms with Crippen LogP contribution in [0.5, 0.6) is 0 Å². The second-order valence-electron chi connectivity index (χ2n) is 10.5. The Morgan fingerprint density at radius 3 is 2.23 bits per heavy atom. The molecule has 1 radical (unpaired) electrons. The molecule has 0 amide bonds. The van der Waals surface area contributed by atoms with Gasteiger partial charge < -0.3 is 10.1 Å². The van der Waals surface area contributed by atoms with Crippen molar-refractivity contribution in [3.05, 3.63) is 77.7 Å². The van der Waals surface area contributed by atoms with Crippen LogP contribution in [0.1, 0.15) is 52.7 Å². The Balaban J connectivity index is 0.000000378. The molecule has 5 rings (SSSR count). The molecule has 0 spiro atoms. The largest absolute Gasteiger partial charge is 0.512 e. The second kappa shape index (κ2) is 10.3. The summed E-state index contributed by atoms with van der Waals surface area (Å²) in [5.74, 6) is -0.0625. The molecule has 185 valence electrons. The van der Waals surface area contributed by atoms with Gasteiger partial charge in [0, 0.05) is 47.5 Å². The van der Waals surface area contributed by atoms with Gasteiger partial charge in [0.05, 0.1) is 5.76 Å². The molecule has 3 nitrogen and oxygen atoms in total. The number of hydrogen-bond acceptors (Lipinski definition) is 4. The maximum Gasteiger partial charge on any atom is 0.155 e. The summed E-state index contributed by atoms with van der Waals surface area (Å²) in [4.78, 5) is 14.7. The van der Waals surface area contributed by atoms with Crippen molar-refractivity contribution in [2.45, 2.75) is 54.4 Å². The maximum atomic E-state index is 10.0. The summed E-state index contributed by atoms with van der Waals surface area (Å²) in [6.45, 7) is 12.5. The first-order chi connectivity index (χ1) is 16.0. The van der Waals surface area contributed by atoms with Gasteiger partial charge >= 0.3 is 0 Å². The zero-order valence-electron chi connectivity index (χ0n) is 21.2. The number of thiophene rings is 1. The van der Waals surface area contributed by atoms with Crippen molar-refractivity contribution >= 4 is 37.3 Å². The van der Waals surface area contributed by atoms with Crippen molar-refractivity contribution in [3.8, 4) is 11.3 Å². The Hall–Kier alpha value is -2.33. The number of pyridine rings is 1. The molecule has 2 heterocycles. The van der Waals surface area contributed by atoms with E-state index in [1.54, 1.807) is 0 Å². The molecule has 1 aliphatic rings. The Labute approximate surface area is 225 Å². The van der Waals surface area contributed by atoms with Gasteiger partial charge in [-0.3, -0.25) is 4.79 Å². The van der Waals surface area contributed by atoms with E-state index in [1.165, 1.54) is 51.2 Å². The van der Waals surface area contributed by atoms with Crippen LogP contribution in [-0.2, 0) is 37.7 Å². The fourth-order valence-electron chi connectivity index (χ4n) is 4.62. The van der Waals surface area contributed by atoms with Crippen molar-refractivity contribution < 1.29 is 30.0 Å². The number of ketones is 1. The minimum Gasteiger partial charge on any atom is -0.512 e. The molecule has 0 saturated heterocycles. The van der Waals surface area contributed by atoms with Crippen LogP contribution in [0, 0.1) is 16.9 Å². The molecular weight excluding hydrogens is 631 g/mol. The summed E-state index contributed by atoms with van der Waals surface area (Å²) in [7, 11) is 0. The van der Waals surface area contributed by atoms with Crippen molar-refractivity contribution in [3.63, 3.8) is 0 Å². The molecule has 4 aromatic rings. The number of rotatable bonds is 2. The molecule has 0 bridgehead atoms. The van der Waals surface area contributed by atoms with Gasteiger partial charge in [0.25, 0.3) is 0 Å². The van der Waals surface area contributed by atoms with Crippen LogP contribution in [0.3, 0.4) is 0 Å². The van der Waals surface area contributed by atoms with Crippen LogP contribution < -0.4 is 0 Å². The molecular formula is C30H32IrNO2S-. The Morgan fingerprint density at radius 1 is 1.03 bits per heavy atom. The van der Waals surface area contributed by atoms with Gasteiger partial charge in [-0.15, -0.1) is 47.2 Å². The minimum absolute atomic E-state index is 0. The summed E-state index contributed by atoms with van der Waals surface area (Å²) in [6.07, 6.45) is 5.40. The number of aliphatic hydroxyl groups is 1. The van der Waals surface area contributed by atoms with E-state index in [9.17, 15) is 4.79 Å². The van der Waals surface area contributed by atoms with Gasteiger partial charge in [0.15, 0.2) is 5.78 Å². The molecule has 1 N–H and O–H groups in total. The zero-order chi connectivity index (χ0) is 24.7. The summed E-state index contributed by atoms with van der Waals surface area (Å²) >= 11 is 1.87. The van der Waals surface area contributed by atoms with Crippen molar-refractivity contribution in [2.24, 2.45) is 10.8 Å². The predicted molar refractivity (Wildman–Crippen MR) is 143 cm³/mol. The molecule has 0 unspecified atom stereocenters. The summed E-state index contributed by atoms with van der Waals surface area (Å²) < 4.78 is 2.65. The molecule has 0 saturated carbocycles. The maximum absolute atomic E-state index is 10.0. The van der Waals surface area contributed by atoms with E-state index in [2.05, 4.69) is 64.1 Å². The number of benzene rings is 2. The van der Waals surface area contributed by atoms with E-state index in [-0.39, 0.29) is 31.6 Å². The molecule has 0 aliphatic heterocycles. The van der Waals surface area contributed by atoms with Gasteiger partial charge in [0.2, 0.25) is 0 Å². The molecule has 2 aromatic carbocycles. The van der Waals surface area contributed by atoms with E-state index in [0.717, 1.165) is 24.1 Å². The third-order valence-electron chi connectivity index (χ3n) is 7.18. The van der Waals surface area contributed by atoms with Crippen LogP contribution in [0.25, 0.3) is 31.4 Å². The topological polar surface area (TPSA) is 50.2 Å². The molecule has 0 fully saturated rings. The molecule has 35 heavy (non-hydrogen) atoms. The van der Waals surface area contributed by atoms with Crippen LogP contribution in [0.15, 0.2) is 60.5 Å². The standard InChI is InChI=1S/C25H24NS.C5H8O2.Ir/c1-24(2)14-17-12-20-19-10-11-26-22(16-8-6-5-7-9-16)23(19)27-21(20)13-18(17)15-25(24,3)4;1-4(6)3-5(2)7;/h5-8,10-13H,14-15H2,1-4H3;3,6H,1-2H3;/q-1;;/b;4-3-;. The zero-order valence-corrected chi connectivity index (χ0v) is 24.4. The third-order valence-corrected chi connectivity index (χ3v) is 8.36. The van der Waals surface area contributed by atoms with Crippen molar-refractivity contribution in [2.75, 3.05) is 0 Å². The van der Waals surface area contributed by atoms with E-state index in [4.69, 9.17) is 10.1 Å². The summed E-state index contributed by atoms with van der Waals surface area (Å²) in [5.41, 5.74) is 5.80.